The fourth-order valence-electron chi connectivity index (χ4n) is 2.82. The van der Waals surface area contributed by atoms with Gasteiger partial charge < -0.3 is 18.8 Å². The topological polar surface area (TPSA) is 51.9 Å². The molecule has 29 heavy (non-hydrogen) atoms. The number of amides is 1. The second-order valence-electron chi connectivity index (χ2n) is 6.59. The first-order chi connectivity index (χ1) is 14.1. The fraction of sp³-hybridized carbons (Fsp3) is 0.261. The van der Waals surface area contributed by atoms with Gasteiger partial charge in [0.25, 0.3) is 0 Å². The van der Waals surface area contributed by atoms with Gasteiger partial charge in [0.15, 0.2) is 11.6 Å². The van der Waals surface area contributed by atoms with Gasteiger partial charge in [-0.2, -0.15) is 0 Å². The Labute approximate surface area is 169 Å². The number of likely N-dealkylation sites (N-methyl/N-ethyl adjacent to an activating group) is 1. The molecule has 0 bridgehead atoms. The quantitative estimate of drug-likeness (QED) is 0.531. The van der Waals surface area contributed by atoms with Gasteiger partial charge in [-0.25, -0.2) is 4.39 Å². The summed E-state index contributed by atoms with van der Waals surface area (Å²) in [5.74, 6) is 2.04. The Balaban J connectivity index is 1.45. The van der Waals surface area contributed by atoms with Gasteiger partial charge in [-0.1, -0.05) is 12.1 Å². The van der Waals surface area contributed by atoms with Crippen LogP contribution in [0.25, 0.3) is 11.3 Å². The van der Waals surface area contributed by atoms with Crippen molar-refractivity contribution in [2.75, 3.05) is 27.3 Å². The Bertz CT molecular complexity index is 936. The van der Waals surface area contributed by atoms with Crippen LogP contribution >= 0.6 is 0 Å². The number of hydrogen-bond donors (Lipinski definition) is 0. The molecular formula is C23H24FNO4. The van der Waals surface area contributed by atoms with Gasteiger partial charge in [0.2, 0.25) is 5.91 Å². The first-order valence-corrected chi connectivity index (χ1v) is 9.41. The third kappa shape index (κ3) is 5.60. The first-order valence-electron chi connectivity index (χ1n) is 9.41. The van der Waals surface area contributed by atoms with Crippen molar-refractivity contribution in [2.24, 2.45) is 0 Å². The van der Waals surface area contributed by atoms with Crippen molar-refractivity contribution in [3.05, 3.63) is 72.2 Å². The molecule has 0 spiro atoms. The predicted octanol–water partition coefficient (Wildman–Crippen LogP) is 4.56. The van der Waals surface area contributed by atoms with Crippen LogP contribution in [0.2, 0.25) is 0 Å². The Morgan fingerprint density at radius 3 is 2.55 bits per heavy atom. The van der Waals surface area contributed by atoms with E-state index >= 15 is 0 Å². The van der Waals surface area contributed by atoms with E-state index in [0.29, 0.717) is 19.4 Å². The highest BCUT2D eigenvalue weighted by atomic mass is 19.1. The van der Waals surface area contributed by atoms with Gasteiger partial charge in [-0.3, -0.25) is 4.79 Å². The lowest BCUT2D eigenvalue weighted by atomic mass is 10.2. The molecule has 0 unspecified atom stereocenters. The fourth-order valence-corrected chi connectivity index (χ4v) is 2.82. The van der Waals surface area contributed by atoms with Crippen LogP contribution in [0.3, 0.4) is 0 Å². The van der Waals surface area contributed by atoms with Crippen LogP contribution < -0.4 is 9.47 Å². The van der Waals surface area contributed by atoms with E-state index in [9.17, 15) is 9.18 Å². The van der Waals surface area contributed by atoms with Crippen LogP contribution in [0.1, 0.15) is 12.2 Å². The Kier molecular flexibility index (Phi) is 6.89. The maximum atomic E-state index is 13.5. The predicted molar refractivity (Wildman–Crippen MR) is 109 cm³/mol. The molecule has 0 aliphatic rings. The summed E-state index contributed by atoms with van der Waals surface area (Å²) in [5, 5.41) is 0. The molecule has 1 heterocycles. The minimum absolute atomic E-state index is 0.0236. The lowest BCUT2D eigenvalue weighted by Crippen LogP contribution is -2.31. The van der Waals surface area contributed by atoms with Crippen molar-refractivity contribution in [1.29, 1.82) is 0 Å². The molecule has 0 fully saturated rings. The maximum absolute atomic E-state index is 13.5. The third-order valence-electron chi connectivity index (χ3n) is 4.57. The molecule has 0 N–H and O–H groups in total. The number of ether oxygens (including phenoxy) is 2. The average molecular weight is 397 g/mol. The van der Waals surface area contributed by atoms with Gasteiger partial charge in [-0.15, -0.1) is 0 Å². The van der Waals surface area contributed by atoms with Crippen LogP contribution in [-0.4, -0.2) is 38.1 Å². The van der Waals surface area contributed by atoms with Crippen molar-refractivity contribution >= 4 is 5.91 Å². The number of carbonyl (C=O) groups is 1. The molecule has 0 saturated heterocycles. The molecule has 3 rings (SSSR count). The third-order valence-corrected chi connectivity index (χ3v) is 4.57. The smallest absolute Gasteiger partial charge is 0.222 e. The molecular weight excluding hydrogens is 373 g/mol. The largest absolute Gasteiger partial charge is 0.497 e. The van der Waals surface area contributed by atoms with Crippen LogP contribution in [0.4, 0.5) is 4.39 Å². The Hall–Kier alpha value is -3.28. The van der Waals surface area contributed by atoms with Crippen molar-refractivity contribution in [3.63, 3.8) is 0 Å². The van der Waals surface area contributed by atoms with Gasteiger partial charge in [-0.05, 0) is 48.5 Å². The lowest BCUT2D eigenvalue weighted by Gasteiger charge is -2.17. The molecule has 1 aromatic heterocycles. The summed E-state index contributed by atoms with van der Waals surface area (Å²) in [7, 11) is 3.33. The van der Waals surface area contributed by atoms with Gasteiger partial charge in [0, 0.05) is 25.5 Å². The lowest BCUT2D eigenvalue weighted by molar-refractivity contribution is -0.130. The SMILES string of the molecule is COc1ccc(-c2ccc(CCC(=O)N(C)CCOc3ccccc3F)o2)cc1. The molecule has 0 aliphatic carbocycles. The number of hydrogen-bond acceptors (Lipinski definition) is 4. The number of aryl methyl sites for hydroxylation is 1. The van der Waals surface area contributed by atoms with E-state index in [1.165, 1.54) is 6.07 Å². The molecule has 1 amide bonds. The van der Waals surface area contributed by atoms with Gasteiger partial charge in [0.05, 0.1) is 13.7 Å². The Morgan fingerprint density at radius 1 is 1.07 bits per heavy atom. The molecule has 0 radical (unpaired) electrons. The summed E-state index contributed by atoms with van der Waals surface area (Å²) in [4.78, 5) is 13.9. The monoisotopic (exact) mass is 397 g/mol. The van der Waals surface area contributed by atoms with Gasteiger partial charge in [0.1, 0.15) is 23.9 Å². The van der Waals surface area contributed by atoms with E-state index < -0.39 is 5.82 Å². The summed E-state index contributed by atoms with van der Waals surface area (Å²) >= 11 is 0. The maximum Gasteiger partial charge on any atom is 0.222 e. The van der Waals surface area contributed by atoms with Crippen LogP contribution in [-0.2, 0) is 11.2 Å². The molecule has 152 valence electrons. The van der Waals surface area contributed by atoms with Crippen LogP contribution in [0.15, 0.2) is 65.1 Å². The van der Waals surface area contributed by atoms with E-state index in [4.69, 9.17) is 13.9 Å². The molecule has 2 aromatic carbocycles. The summed E-state index contributed by atoms with van der Waals surface area (Å²) in [6, 6.07) is 17.6. The van der Waals surface area contributed by atoms with E-state index in [1.807, 2.05) is 36.4 Å². The second-order valence-corrected chi connectivity index (χ2v) is 6.59. The number of benzene rings is 2. The van der Waals surface area contributed by atoms with Gasteiger partial charge >= 0.3 is 0 Å². The van der Waals surface area contributed by atoms with E-state index in [1.54, 1.807) is 37.3 Å². The number of halogens is 1. The molecule has 3 aromatic rings. The summed E-state index contributed by atoms with van der Waals surface area (Å²) in [5.41, 5.74) is 0.950. The van der Waals surface area contributed by atoms with Crippen molar-refractivity contribution < 1.29 is 23.1 Å². The average Bonchev–Trinajstić information content (AvgIpc) is 3.22. The highest BCUT2D eigenvalue weighted by Gasteiger charge is 2.12. The summed E-state index contributed by atoms with van der Waals surface area (Å²) in [6.07, 6.45) is 0.833. The van der Waals surface area contributed by atoms with E-state index in [-0.39, 0.29) is 18.3 Å². The number of rotatable bonds is 9. The highest BCUT2D eigenvalue weighted by Crippen LogP contribution is 2.25. The van der Waals surface area contributed by atoms with Crippen LogP contribution in [0.5, 0.6) is 11.5 Å². The molecule has 5 nitrogen and oxygen atoms in total. The zero-order valence-corrected chi connectivity index (χ0v) is 16.6. The first kappa shape index (κ1) is 20.5. The number of nitrogens with zero attached hydrogens (tertiary/aromatic N) is 1. The van der Waals surface area contributed by atoms with Crippen LogP contribution in [0, 0.1) is 5.82 Å². The molecule has 0 atom stereocenters. The van der Waals surface area contributed by atoms with Crippen molar-refractivity contribution in [1.82, 2.24) is 4.90 Å². The number of methoxy groups -OCH3 is 1. The number of furan rings is 1. The summed E-state index contributed by atoms with van der Waals surface area (Å²) < 4.78 is 29.9. The second kappa shape index (κ2) is 9.78. The van der Waals surface area contributed by atoms with Crippen molar-refractivity contribution in [3.8, 4) is 22.8 Å². The minimum atomic E-state index is -0.410. The normalized spacial score (nSPS) is 10.6. The number of para-hydroxylation sites is 1. The highest BCUT2D eigenvalue weighted by molar-refractivity contribution is 5.76. The van der Waals surface area contributed by atoms with Crippen molar-refractivity contribution in [2.45, 2.75) is 12.8 Å². The van der Waals surface area contributed by atoms with E-state index in [0.717, 1.165) is 22.8 Å². The minimum Gasteiger partial charge on any atom is -0.497 e. The summed E-state index contributed by atoms with van der Waals surface area (Å²) in [6.45, 7) is 0.605. The Morgan fingerprint density at radius 2 is 1.83 bits per heavy atom. The number of carbonyl (C=O) groups excluding carboxylic acids is 1. The molecule has 0 saturated carbocycles. The molecule has 0 aliphatic heterocycles. The van der Waals surface area contributed by atoms with E-state index in [2.05, 4.69) is 0 Å². The zero-order valence-electron chi connectivity index (χ0n) is 16.6. The zero-order chi connectivity index (χ0) is 20.6. The molecule has 6 heteroatoms. The standard InChI is InChI=1S/C23H24FNO4/c1-25(15-16-28-22-6-4-3-5-20(22)24)23(26)14-12-19-11-13-21(29-19)17-7-9-18(27-2)10-8-17/h3-11,13H,12,14-16H2,1-2H3.